The van der Waals surface area contributed by atoms with Crippen LogP contribution in [0.4, 0.5) is 5.82 Å². The van der Waals surface area contributed by atoms with E-state index in [0.29, 0.717) is 0 Å². The molecule has 1 aliphatic heterocycles. The van der Waals surface area contributed by atoms with Crippen LogP contribution in [0.3, 0.4) is 0 Å². The van der Waals surface area contributed by atoms with Gasteiger partial charge in [-0.3, -0.25) is 9.52 Å². The topological polar surface area (TPSA) is 156 Å². The van der Waals surface area contributed by atoms with Crippen molar-refractivity contribution < 1.29 is 32.3 Å². The van der Waals surface area contributed by atoms with Crippen LogP contribution in [0.1, 0.15) is 45.7 Å². The Hall–Kier alpha value is -3.98. The largest absolute Gasteiger partial charge is 0.465 e. The highest BCUT2D eigenvalue weighted by Crippen LogP contribution is 2.27. The van der Waals surface area contributed by atoms with Gasteiger partial charge in [0.05, 0.1) is 41.6 Å². The van der Waals surface area contributed by atoms with E-state index in [-0.39, 0.29) is 47.3 Å². The summed E-state index contributed by atoms with van der Waals surface area (Å²) in [6.07, 6.45) is 0.963. The standard InChI is InChI=1S/C23H24N4O7S/c1-14(2)34-22(29)17-8-16(9-24)20(25-10-17)27-11-18(12-27)21(28)26-35(31,32)13-15-6-4-5-7-19(15)23(30)33-3/h4-8,10,14,18H,11-13H2,1-3H3,(H,26,28). The summed E-state index contributed by atoms with van der Waals surface area (Å²) < 4.78 is 36.9. The van der Waals surface area contributed by atoms with Crippen molar-refractivity contribution in [3.63, 3.8) is 0 Å². The Morgan fingerprint density at radius 1 is 1.23 bits per heavy atom. The molecule has 12 heteroatoms. The number of hydrogen-bond donors (Lipinski definition) is 1. The van der Waals surface area contributed by atoms with Gasteiger partial charge in [-0.2, -0.15) is 5.26 Å². The maximum Gasteiger partial charge on any atom is 0.340 e. The van der Waals surface area contributed by atoms with Gasteiger partial charge in [-0.05, 0) is 31.5 Å². The first kappa shape index (κ1) is 25.6. The molecule has 0 bridgehead atoms. The molecule has 0 radical (unpaired) electrons. The van der Waals surface area contributed by atoms with E-state index < -0.39 is 39.5 Å². The minimum Gasteiger partial charge on any atom is -0.465 e. The lowest BCUT2D eigenvalue weighted by Crippen LogP contribution is -2.55. The number of benzene rings is 1. The number of esters is 2. The second kappa shape index (κ2) is 10.5. The van der Waals surface area contributed by atoms with E-state index in [1.165, 1.54) is 31.5 Å². The lowest BCUT2D eigenvalue weighted by molar-refractivity contribution is -0.123. The zero-order chi connectivity index (χ0) is 25.8. The van der Waals surface area contributed by atoms with E-state index in [1.54, 1.807) is 30.9 Å². The van der Waals surface area contributed by atoms with Gasteiger partial charge < -0.3 is 14.4 Å². The summed E-state index contributed by atoms with van der Waals surface area (Å²) in [4.78, 5) is 42.3. The fraction of sp³-hybridized carbons (Fsp3) is 0.348. The number of pyridine rings is 1. The first-order chi connectivity index (χ1) is 16.5. The van der Waals surface area contributed by atoms with Gasteiger partial charge in [0.25, 0.3) is 0 Å². The number of amides is 1. The van der Waals surface area contributed by atoms with Crippen LogP contribution in [-0.2, 0) is 30.0 Å². The Morgan fingerprint density at radius 3 is 2.54 bits per heavy atom. The molecule has 1 N–H and O–H groups in total. The second-order valence-corrected chi connectivity index (χ2v) is 9.86. The van der Waals surface area contributed by atoms with Gasteiger partial charge in [0, 0.05) is 19.3 Å². The summed E-state index contributed by atoms with van der Waals surface area (Å²) in [5.74, 6) is -2.93. The number of carbonyl (C=O) groups excluding carboxylic acids is 3. The van der Waals surface area contributed by atoms with E-state index in [1.807, 2.05) is 10.8 Å². The monoisotopic (exact) mass is 500 g/mol. The zero-order valence-electron chi connectivity index (χ0n) is 19.3. The molecule has 2 aromatic rings. The Kier molecular flexibility index (Phi) is 7.71. The number of sulfonamides is 1. The SMILES string of the molecule is COC(=O)c1ccccc1CS(=O)(=O)NC(=O)C1CN(c2ncc(C(=O)OC(C)C)cc2C#N)C1. The van der Waals surface area contributed by atoms with Crippen LogP contribution in [0.25, 0.3) is 0 Å². The normalized spacial score (nSPS) is 13.5. The van der Waals surface area contributed by atoms with E-state index in [4.69, 9.17) is 4.74 Å². The van der Waals surface area contributed by atoms with Crippen LogP contribution in [0.5, 0.6) is 0 Å². The van der Waals surface area contributed by atoms with Crippen LogP contribution in [0.2, 0.25) is 0 Å². The summed E-state index contributed by atoms with van der Waals surface area (Å²) in [5, 5.41) is 9.46. The molecule has 1 aromatic heterocycles. The molecule has 184 valence electrons. The number of rotatable bonds is 8. The van der Waals surface area contributed by atoms with Crippen LogP contribution < -0.4 is 9.62 Å². The van der Waals surface area contributed by atoms with E-state index in [9.17, 15) is 28.1 Å². The highest BCUT2D eigenvalue weighted by molar-refractivity contribution is 7.89. The van der Waals surface area contributed by atoms with Gasteiger partial charge in [0.2, 0.25) is 15.9 Å². The average molecular weight is 501 g/mol. The van der Waals surface area contributed by atoms with Crippen molar-refractivity contribution in [1.82, 2.24) is 9.71 Å². The minimum atomic E-state index is -4.08. The van der Waals surface area contributed by atoms with Crippen molar-refractivity contribution in [3.8, 4) is 6.07 Å². The number of aromatic nitrogens is 1. The number of carbonyl (C=O) groups is 3. The molecule has 0 unspecified atom stereocenters. The maximum atomic E-state index is 12.6. The summed E-state index contributed by atoms with van der Waals surface area (Å²) in [7, 11) is -2.89. The molecule has 35 heavy (non-hydrogen) atoms. The summed E-state index contributed by atoms with van der Waals surface area (Å²) in [5.41, 5.74) is 0.563. The molecular weight excluding hydrogens is 476 g/mol. The molecule has 3 rings (SSSR count). The Morgan fingerprint density at radius 2 is 1.91 bits per heavy atom. The molecule has 11 nitrogen and oxygen atoms in total. The van der Waals surface area contributed by atoms with Crippen molar-refractivity contribution in [2.75, 3.05) is 25.1 Å². The van der Waals surface area contributed by atoms with Crippen molar-refractivity contribution in [2.24, 2.45) is 5.92 Å². The number of nitriles is 1. The van der Waals surface area contributed by atoms with Crippen molar-refractivity contribution in [1.29, 1.82) is 5.26 Å². The number of nitrogens with zero attached hydrogens (tertiary/aromatic N) is 3. The zero-order valence-corrected chi connectivity index (χ0v) is 20.2. The highest BCUT2D eigenvalue weighted by Gasteiger charge is 2.36. The van der Waals surface area contributed by atoms with Crippen LogP contribution in [0.15, 0.2) is 36.5 Å². The third-order valence-electron chi connectivity index (χ3n) is 5.14. The van der Waals surface area contributed by atoms with Gasteiger partial charge in [-0.15, -0.1) is 0 Å². The van der Waals surface area contributed by atoms with Gasteiger partial charge in [-0.25, -0.2) is 23.0 Å². The van der Waals surface area contributed by atoms with E-state index >= 15 is 0 Å². The maximum absolute atomic E-state index is 12.6. The van der Waals surface area contributed by atoms with Crippen molar-refractivity contribution >= 4 is 33.7 Å². The Labute approximate surface area is 202 Å². The van der Waals surface area contributed by atoms with Gasteiger partial charge in [0.15, 0.2) is 0 Å². The number of nitrogens with one attached hydrogen (secondary N) is 1. The van der Waals surface area contributed by atoms with Gasteiger partial charge >= 0.3 is 11.9 Å². The minimum absolute atomic E-state index is 0.0958. The quantitative estimate of drug-likeness (QED) is 0.525. The molecule has 0 spiro atoms. The Bertz CT molecular complexity index is 1300. The fourth-order valence-electron chi connectivity index (χ4n) is 3.44. The second-order valence-electron chi connectivity index (χ2n) is 8.14. The summed E-state index contributed by atoms with van der Waals surface area (Å²) >= 11 is 0. The van der Waals surface area contributed by atoms with Crippen molar-refractivity contribution in [3.05, 3.63) is 58.8 Å². The third kappa shape index (κ3) is 6.13. The van der Waals surface area contributed by atoms with Crippen LogP contribution >= 0.6 is 0 Å². The average Bonchev–Trinajstić information content (AvgIpc) is 2.76. The fourth-order valence-corrected chi connectivity index (χ4v) is 4.64. The molecule has 1 saturated heterocycles. The predicted octanol–water partition coefficient (Wildman–Crippen LogP) is 1.39. The first-order valence-corrected chi connectivity index (χ1v) is 12.3. The van der Waals surface area contributed by atoms with Gasteiger partial charge in [-0.1, -0.05) is 18.2 Å². The summed E-state index contributed by atoms with van der Waals surface area (Å²) in [6, 6.07) is 9.41. The van der Waals surface area contributed by atoms with Gasteiger partial charge in [0.1, 0.15) is 11.9 Å². The van der Waals surface area contributed by atoms with E-state index in [0.717, 1.165) is 0 Å². The predicted molar refractivity (Wildman–Crippen MR) is 124 cm³/mol. The lowest BCUT2D eigenvalue weighted by atomic mass is 9.99. The molecule has 0 aliphatic carbocycles. The molecular formula is C23H24N4O7S. The number of anilines is 1. The first-order valence-electron chi connectivity index (χ1n) is 10.6. The molecule has 1 fully saturated rings. The smallest absolute Gasteiger partial charge is 0.340 e. The Balaban J connectivity index is 1.63. The molecule has 1 aromatic carbocycles. The molecule has 0 atom stereocenters. The molecule has 2 heterocycles. The van der Waals surface area contributed by atoms with Crippen LogP contribution in [0, 0.1) is 17.2 Å². The summed E-state index contributed by atoms with van der Waals surface area (Å²) in [6.45, 7) is 3.68. The molecule has 1 aliphatic rings. The number of ether oxygens (including phenoxy) is 2. The highest BCUT2D eigenvalue weighted by atomic mass is 32.2. The van der Waals surface area contributed by atoms with Crippen molar-refractivity contribution in [2.45, 2.75) is 25.7 Å². The number of hydrogen-bond acceptors (Lipinski definition) is 10. The molecule has 0 saturated carbocycles. The lowest BCUT2D eigenvalue weighted by Gasteiger charge is -2.39. The van der Waals surface area contributed by atoms with E-state index in [2.05, 4.69) is 9.72 Å². The molecule has 1 amide bonds. The van der Waals surface area contributed by atoms with Crippen LogP contribution in [-0.4, -0.2) is 57.6 Å². The number of methoxy groups -OCH3 is 1. The third-order valence-corrected chi connectivity index (χ3v) is 6.34.